The molecule has 0 saturated carbocycles. The van der Waals surface area contributed by atoms with Crippen LogP contribution >= 0.6 is 0 Å². The summed E-state index contributed by atoms with van der Waals surface area (Å²) >= 11 is 0. The number of nitrogens with one attached hydrogen (secondary N) is 3. The summed E-state index contributed by atoms with van der Waals surface area (Å²) in [6.07, 6.45) is 0.641. The van der Waals surface area contributed by atoms with E-state index >= 15 is 0 Å². The van der Waals surface area contributed by atoms with Crippen LogP contribution in [0.2, 0.25) is 0 Å². The van der Waals surface area contributed by atoms with Crippen molar-refractivity contribution in [3.63, 3.8) is 0 Å². The third-order valence-electron chi connectivity index (χ3n) is 3.18. The molecule has 142 valence electrons. The Bertz CT molecular complexity index is 531. The van der Waals surface area contributed by atoms with E-state index < -0.39 is 35.8 Å². The summed E-state index contributed by atoms with van der Waals surface area (Å²) in [5, 5.41) is 7.36. The number of carbonyl (C=O) groups excluding carboxylic acids is 4. The first kappa shape index (κ1) is 22.1. The number of primary amides is 1. The van der Waals surface area contributed by atoms with Gasteiger partial charge in [-0.2, -0.15) is 0 Å². The van der Waals surface area contributed by atoms with Gasteiger partial charge < -0.3 is 33.2 Å². The fourth-order valence-corrected chi connectivity index (χ4v) is 1.82. The molecule has 0 fully saturated rings. The molecule has 0 spiro atoms. The van der Waals surface area contributed by atoms with E-state index in [0.717, 1.165) is 0 Å². The van der Waals surface area contributed by atoms with Crippen LogP contribution in [0, 0.1) is 0 Å². The summed E-state index contributed by atoms with van der Waals surface area (Å²) in [7, 11) is 0. The molecule has 4 amide bonds. The highest BCUT2D eigenvalue weighted by Gasteiger charge is 2.25. The van der Waals surface area contributed by atoms with Crippen LogP contribution in [-0.2, 0) is 19.2 Å². The van der Waals surface area contributed by atoms with E-state index in [1.807, 2.05) is 0 Å². The molecule has 11 heteroatoms. The van der Waals surface area contributed by atoms with E-state index in [2.05, 4.69) is 20.9 Å². The quantitative estimate of drug-likeness (QED) is 0.137. The second-order valence-electron chi connectivity index (χ2n) is 5.56. The lowest BCUT2D eigenvalue weighted by Gasteiger charge is -2.22. The lowest BCUT2D eigenvalue weighted by Crippen LogP contribution is -2.55. The molecule has 0 aromatic rings. The maximum atomic E-state index is 12.3. The van der Waals surface area contributed by atoms with Crippen LogP contribution < -0.4 is 33.2 Å². The minimum atomic E-state index is -0.931. The Balaban J connectivity index is 4.89. The Kier molecular flexibility index (Phi) is 9.60. The molecular weight excluding hydrogens is 330 g/mol. The number of rotatable bonds is 10. The van der Waals surface area contributed by atoms with E-state index in [1.165, 1.54) is 20.8 Å². The second-order valence-corrected chi connectivity index (χ2v) is 5.56. The standard InChI is InChI=1S/C14H27N7O4/c1-7(11(15)23)20-13(25)10(5-4-6-18-14(16)17)21-12(24)8(2)19-9(3)22/h7-8,10H,4-6H2,1-3H3,(H2,15,23)(H,19,22)(H,20,25)(H,21,24)(H4,16,17,18)/t7-,8-,10-/m0/s1. The molecule has 25 heavy (non-hydrogen) atoms. The van der Waals surface area contributed by atoms with Crippen LogP contribution in [0.5, 0.6) is 0 Å². The van der Waals surface area contributed by atoms with E-state index in [-0.39, 0.29) is 24.8 Å². The van der Waals surface area contributed by atoms with E-state index in [9.17, 15) is 19.2 Å². The first-order valence-corrected chi connectivity index (χ1v) is 7.77. The maximum Gasteiger partial charge on any atom is 0.243 e. The van der Waals surface area contributed by atoms with Gasteiger partial charge in [-0.05, 0) is 26.7 Å². The zero-order chi connectivity index (χ0) is 19.6. The molecule has 0 bridgehead atoms. The Labute approximate surface area is 146 Å². The van der Waals surface area contributed by atoms with Gasteiger partial charge in [-0.1, -0.05) is 0 Å². The fourth-order valence-electron chi connectivity index (χ4n) is 1.82. The van der Waals surface area contributed by atoms with Crippen LogP contribution in [0.4, 0.5) is 0 Å². The summed E-state index contributed by atoms with van der Waals surface area (Å²) in [4.78, 5) is 50.2. The van der Waals surface area contributed by atoms with Crippen molar-refractivity contribution in [3.8, 4) is 0 Å². The van der Waals surface area contributed by atoms with E-state index in [1.54, 1.807) is 0 Å². The molecule has 0 radical (unpaired) electrons. The van der Waals surface area contributed by atoms with Crippen molar-refractivity contribution in [2.24, 2.45) is 22.2 Å². The van der Waals surface area contributed by atoms with Gasteiger partial charge in [-0.3, -0.25) is 24.2 Å². The molecule has 9 N–H and O–H groups in total. The van der Waals surface area contributed by atoms with Crippen molar-refractivity contribution in [2.75, 3.05) is 6.54 Å². The van der Waals surface area contributed by atoms with Crippen molar-refractivity contribution in [1.29, 1.82) is 0 Å². The van der Waals surface area contributed by atoms with E-state index in [4.69, 9.17) is 17.2 Å². The van der Waals surface area contributed by atoms with E-state index in [0.29, 0.717) is 6.42 Å². The number of hydrogen-bond acceptors (Lipinski definition) is 5. The molecule has 0 aliphatic heterocycles. The monoisotopic (exact) mass is 357 g/mol. The molecule has 0 aromatic heterocycles. The SMILES string of the molecule is CC(=O)N[C@@H](C)C(=O)N[C@@H](CCCN=C(N)N)C(=O)N[C@@H](C)C(N)=O. The van der Waals surface area contributed by atoms with Gasteiger partial charge in [-0.25, -0.2) is 0 Å². The van der Waals surface area contributed by atoms with Crippen LogP contribution in [-0.4, -0.2) is 54.3 Å². The highest BCUT2D eigenvalue weighted by atomic mass is 16.2. The fraction of sp³-hybridized carbons (Fsp3) is 0.643. The smallest absolute Gasteiger partial charge is 0.243 e. The lowest BCUT2D eigenvalue weighted by atomic mass is 10.1. The van der Waals surface area contributed by atoms with Crippen molar-refractivity contribution in [2.45, 2.75) is 51.7 Å². The van der Waals surface area contributed by atoms with Gasteiger partial charge in [0.2, 0.25) is 23.6 Å². The number of nitrogens with zero attached hydrogens (tertiary/aromatic N) is 1. The second kappa shape index (κ2) is 10.8. The summed E-state index contributed by atoms with van der Waals surface area (Å²) < 4.78 is 0. The molecule has 0 rings (SSSR count). The van der Waals surface area contributed by atoms with Gasteiger partial charge in [0.25, 0.3) is 0 Å². The van der Waals surface area contributed by atoms with Crippen LogP contribution in [0.3, 0.4) is 0 Å². The minimum Gasteiger partial charge on any atom is -0.370 e. The third-order valence-corrected chi connectivity index (χ3v) is 3.18. The predicted molar refractivity (Wildman–Crippen MR) is 91.9 cm³/mol. The number of nitrogens with two attached hydrogens (primary N) is 3. The average Bonchev–Trinajstić information content (AvgIpc) is 2.48. The number of guanidine groups is 1. The van der Waals surface area contributed by atoms with Gasteiger partial charge in [0.05, 0.1) is 0 Å². The third kappa shape index (κ3) is 9.79. The van der Waals surface area contributed by atoms with Gasteiger partial charge in [0, 0.05) is 13.5 Å². The van der Waals surface area contributed by atoms with Crippen LogP contribution in [0.1, 0.15) is 33.6 Å². The topological polar surface area (TPSA) is 195 Å². The first-order valence-electron chi connectivity index (χ1n) is 7.77. The Morgan fingerprint density at radius 2 is 1.52 bits per heavy atom. The zero-order valence-corrected chi connectivity index (χ0v) is 14.7. The Morgan fingerprint density at radius 1 is 0.920 bits per heavy atom. The summed E-state index contributed by atoms with van der Waals surface area (Å²) in [6, 6.07) is -2.64. The Morgan fingerprint density at radius 3 is 2.00 bits per heavy atom. The summed E-state index contributed by atoms with van der Waals surface area (Å²) in [6.45, 7) is 4.46. The number of carbonyl (C=O) groups is 4. The molecule has 11 nitrogen and oxygen atoms in total. The van der Waals surface area contributed by atoms with Crippen molar-refractivity contribution < 1.29 is 19.2 Å². The first-order chi connectivity index (χ1) is 11.5. The number of amides is 4. The Hall–Kier alpha value is -2.85. The minimum absolute atomic E-state index is 0.0772. The largest absolute Gasteiger partial charge is 0.370 e. The predicted octanol–water partition coefficient (Wildman–Crippen LogP) is -2.96. The molecule has 0 aliphatic rings. The molecule has 0 saturated heterocycles. The molecule has 0 aliphatic carbocycles. The van der Waals surface area contributed by atoms with Crippen molar-refractivity contribution in [1.82, 2.24) is 16.0 Å². The summed E-state index contributed by atoms with van der Waals surface area (Å²) in [5.41, 5.74) is 15.6. The maximum absolute atomic E-state index is 12.3. The highest BCUT2D eigenvalue weighted by molar-refractivity contribution is 5.93. The zero-order valence-electron chi connectivity index (χ0n) is 14.7. The van der Waals surface area contributed by atoms with Gasteiger partial charge in [0.15, 0.2) is 5.96 Å². The highest BCUT2D eigenvalue weighted by Crippen LogP contribution is 2.01. The average molecular weight is 357 g/mol. The molecule has 0 heterocycles. The van der Waals surface area contributed by atoms with Crippen LogP contribution in [0.25, 0.3) is 0 Å². The van der Waals surface area contributed by atoms with Gasteiger partial charge in [-0.15, -0.1) is 0 Å². The normalized spacial score (nSPS) is 13.7. The van der Waals surface area contributed by atoms with Crippen LogP contribution in [0.15, 0.2) is 4.99 Å². The van der Waals surface area contributed by atoms with Gasteiger partial charge >= 0.3 is 0 Å². The molecule has 0 unspecified atom stereocenters. The lowest BCUT2D eigenvalue weighted by molar-refractivity contribution is -0.132. The molecule has 3 atom stereocenters. The number of hydrogen-bond donors (Lipinski definition) is 6. The number of aliphatic imine (C=N–C) groups is 1. The molecule has 0 aromatic carbocycles. The van der Waals surface area contributed by atoms with Crippen molar-refractivity contribution >= 4 is 29.6 Å². The molecular formula is C14H27N7O4. The van der Waals surface area contributed by atoms with Crippen molar-refractivity contribution in [3.05, 3.63) is 0 Å². The summed E-state index contributed by atoms with van der Waals surface area (Å²) in [5.74, 6) is -2.26. The van der Waals surface area contributed by atoms with Gasteiger partial charge in [0.1, 0.15) is 18.1 Å².